The van der Waals surface area contributed by atoms with Crippen LogP contribution >= 0.6 is 0 Å². The topological polar surface area (TPSA) is 48.5 Å². The Labute approximate surface area is 102 Å². The Hall–Kier alpha value is -1.71. The van der Waals surface area contributed by atoms with Crippen LogP contribution in [0, 0.1) is 0 Å². The van der Waals surface area contributed by atoms with Gasteiger partial charge in [0.05, 0.1) is 17.5 Å². The monoisotopic (exact) mass is 230 g/mol. The van der Waals surface area contributed by atoms with Crippen LogP contribution in [-0.2, 0) is 5.41 Å². The predicted molar refractivity (Wildman–Crippen MR) is 73.2 cm³/mol. The van der Waals surface area contributed by atoms with Crippen molar-refractivity contribution in [3.05, 3.63) is 17.7 Å². The third-order valence-corrected chi connectivity index (χ3v) is 3.64. The van der Waals surface area contributed by atoms with Gasteiger partial charge in [0.2, 0.25) is 0 Å². The van der Waals surface area contributed by atoms with E-state index in [0.717, 1.165) is 17.2 Å². The lowest BCUT2D eigenvalue weighted by Gasteiger charge is -2.18. The lowest BCUT2D eigenvalue weighted by Crippen LogP contribution is -2.27. The Morgan fingerprint density at radius 3 is 2.41 bits per heavy atom. The maximum atomic E-state index is 4.34. The number of benzene rings is 1. The zero-order chi connectivity index (χ0) is 12.2. The van der Waals surface area contributed by atoms with Crippen LogP contribution in [0.15, 0.2) is 17.1 Å². The zero-order valence-corrected chi connectivity index (χ0v) is 10.7. The van der Waals surface area contributed by atoms with E-state index < -0.39 is 0 Å². The molecule has 1 aromatic rings. The summed E-state index contributed by atoms with van der Waals surface area (Å²) >= 11 is 0. The molecule has 4 heteroatoms. The minimum atomic E-state index is -0.0351. The summed E-state index contributed by atoms with van der Waals surface area (Å²) in [5.41, 5.74) is 4.78. The van der Waals surface area contributed by atoms with Gasteiger partial charge in [0.1, 0.15) is 5.84 Å². The molecule has 90 valence electrons. The van der Waals surface area contributed by atoms with Crippen molar-refractivity contribution < 1.29 is 0 Å². The van der Waals surface area contributed by atoms with Crippen molar-refractivity contribution in [3.8, 4) is 0 Å². The van der Waals surface area contributed by atoms with Gasteiger partial charge in [0.25, 0.3) is 0 Å². The Morgan fingerprint density at radius 2 is 1.76 bits per heavy atom. The third-order valence-electron chi connectivity index (χ3n) is 3.64. The van der Waals surface area contributed by atoms with E-state index in [4.69, 9.17) is 0 Å². The van der Waals surface area contributed by atoms with Gasteiger partial charge in [-0.15, -0.1) is 0 Å². The van der Waals surface area contributed by atoms with Crippen molar-refractivity contribution in [2.45, 2.75) is 32.4 Å². The van der Waals surface area contributed by atoms with Gasteiger partial charge in [-0.05, 0) is 38.5 Å². The average Bonchev–Trinajstić information content (AvgIpc) is 2.73. The number of fused-ring (bicyclic) bond motifs is 2. The van der Waals surface area contributed by atoms with E-state index in [0.29, 0.717) is 6.17 Å². The summed E-state index contributed by atoms with van der Waals surface area (Å²) in [7, 11) is 1.84. The SMILES string of the molecule is CN=C1Nc2cc3c(cc2C1(C)C)NC(C)N3. The first-order valence-electron chi connectivity index (χ1n) is 5.98. The number of anilines is 3. The van der Waals surface area contributed by atoms with Crippen molar-refractivity contribution in [2.75, 3.05) is 23.0 Å². The second kappa shape index (κ2) is 3.15. The fourth-order valence-electron chi connectivity index (χ4n) is 2.71. The van der Waals surface area contributed by atoms with Crippen LogP contribution in [0.4, 0.5) is 17.1 Å². The molecule has 1 aromatic carbocycles. The van der Waals surface area contributed by atoms with Crippen molar-refractivity contribution in [1.29, 1.82) is 0 Å². The van der Waals surface area contributed by atoms with Crippen LogP contribution < -0.4 is 16.0 Å². The molecule has 2 heterocycles. The van der Waals surface area contributed by atoms with Crippen LogP contribution in [0.5, 0.6) is 0 Å². The Bertz CT molecular complexity index is 516. The molecule has 17 heavy (non-hydrogen) atoms. The minimum Gasteiger partial charge on any atom is -0.364 e. The maximum Gasteiger partial charge on any atom is 0.111 e. The molecular weight excluding hydrogens is 212 g/mol. The smallest absolute Gasteiger partial charge is 0.111 e. The molecule has 0 saturated heterocycles. The molecule has 4 nitrogen and oxygen atoms in total. The van der Waals surface area contributed by atoms with Gasteiger partial charge in [-0.1, -0.05) is 0 Å². The molecule has 0 fully saturated rings. The molecule has 0 spiro atoms. The highest BCUT2D eigenvalue weighted by Crippen LogP contribution is 2.44. The van der Waals surface area contributed by atoms with Crippen molar-refractivity contribution >= 4 is 22.9 Å². The average molecular weight is 230 g/mol. The van der Waals surface area contributed by atoms with Gasteiger partial charge in [-0.3, -0.25) is 4.99 Å². The summed E-state index contributed by atoms with van der Waals surface area (Å²) in [6.45, 7) is 6.52. The first-order valence-corrected chi connectivity index (χ1v) is 5.98. The van der Waals surface area contributed by atoms with Crippen molar-refractivity contribution in [3.63, 3.8) is 0 Å². The standard InChI is InChI=1S/C13H18N4/c1-7-15-10-5-8-9(6-11(10)16-7)17-12(14-4)13(8,2)3/h5-7,15-16H,1-4H3,(H,14,17). The molecule has 0 bridgehead atoms. The van der Waals surface area contributed by atoms with Crippen molar-refractivity contribution in [1.82, 2.24) is 0 Å². The van der Waals surface area contributed by atoms with Gasteiger partial charge in [0, 0.05) is 18.2 Å². The van der Waals surface area contributed by atoms with Gasteiger partial charge in [-0.2, -0.15) is 0 Å². The number of hydrogen-bond donors (Lipinski definition) is 3. The maximum absolute atomic E-state index is 4.34. The highest BCUT2D eigenvalue weighted by Gasteiger charge is 2.37. The fourth-order valence-corrected chi connectivity index (χ4v) is 2.71. The summed E-state index contributed by atoms with van der Waals surface area (Å²) in [5.74, 6) is 1.03. The van der Waals surface area contributed by atoms with Crippen molar-refractivity contribution in [2.24, 2.45) is 4.99 Å². The van der Waals surface area contributed by atoms with Crippen LogP contribution in [0.2, 0.25) is 0 Å². The van der Waals surface area contributed by atoms with E-state index in [9.17, 15) is 0 Å². The van der Waals surface area contributed by atoms with Crippen LogP contribution in [0.1, 0.15) is 26.3 Å². The molecule has 2 aliphatic rings. The fraction of sp³-hybridized carbons (Fsp3) is 0.462. The largest absolute Gasteiger partial charge is 0.364 e. The molecule has 0 aliphatic carbocycles. The Kier molecular flexibility index (Phi) is 1.94. The summed E-state index contributed by atoms with van der Waals surface area (Å²) < 4.78 is 0. The van der Waals surface area contributed by atoms with E-state index in [1.165, 1.54) is 11.3 Å². The highest BCUT2D eigenvalue weighted by molar-refractivity contribution is 6.10. The second-order valence-corrected chi connectivity index (χ2v) is 5.28. The van der Waals surface area contributed by atoms with E-state index in [-0.39, 0.29) is 5.41 Å². The van der Waals surface area contributed by atoms with Crippen LogP contribution in [-0.4, -0.2) is 19.0 Å². The number of amidine groups is 1. The highest BCUT2D eigenvalue weighted by atomic mass is 15.2. The lowest BCUT2D eigenvalue weighted by molar-refractivity contribution is 0.735. The Balaban J connectivity index is 2.14. The molecule has 2 aliphatic heterocycles. The summed E-state index contributed by atoms with van der Waals surface area (Å²) in [4.78, 5) is 4.34. The molecule has 1 atom stereocenters. The Morgan fingerprint density at radius 1 is 1.12 bits per heavy atom. The molecule has 0 amide bonds. The minimum absolute atomic E-state index is 0.0351. The van der Waals surface area contributed by atoms with E-state index in [1.807, 2.05) is 7.05 Å². The first-order chi connectivity index (χ1) is 8.02. The molecule has 3 N–H and O–H groups in total. The quantitative estimate of drug-likeness (QED) is 0.642. The second-order valence-electron chi connectivity index (χ2n) is 5.28. The predicted octanol–water partition coefficient (Wildman–Crippen LogP) is 2.60. The third kappa shape index (κ3) is 1.33. The van der Waals surface area contributed by atoms with E-state index >= 15 is 0 Å². The lowest BCUT2D eigenvalue weighted by atomic mass is 9.85. The number of hydrogen-bond acceptors (Lipinski definition) is 3. The number of nitrogens with zero attached hydrogens (tertiary/aromatic N) is 1. The molecule has 3 rings (SSSR count). The van der Waals surface area contributed by atoms with Crippen LogP contribution in [0.3, 0.4) is 0 Å². The van der Waals surface area contributed by atoms with Gasteiger partial charge in [0.15, 0.2) is 0 Å². The van der Waals surface area contributed by atoms with Crippen LogP contribution in [0.25, 0.3) is 0 Å². The van der Waals surface area contributed by atoms with Gasteiger partial charge in [-0.25, -0.2) is 0 Å². The van der Waals surface area contributed by atoms with Gasteiger partial charge < -0.3 is 16.0 Å². The molecule has 0 saturated carbocycles. The molecular formula is C13H18N4. The first kappa shape index (κ1) is 10.4. The van der Waals surface area contributed by atoms with Gasteiger partial charge >= 0.3 is 0 Å². The zero-order valence-electron chi connectivity index (χ0n) is 10.7. The summed E-state index contributed by atoms with van der Waals surface area (Å²) in [6, 6.07) is 4.40. The molecule has 0 radical (unpaired) electrons. The van der Waals surface area contributed by atoms with E-state index in [1.54, 1.807) is 0 Å². The number of nitrogens with one attached hydrogen (secondary N) is 3. The molecule has 1 unspecified atom stereocenters. The summed E-state index contributed by atoms with van der Waals surface area (Å²) in [5, 5.41) is 10.2. The summed E-state index contributed by atoms with van der Waals surface area (Å²) in [6.07, 6.45) is 0.301. The van der Waals surface area contributed by atoms with E-state index in [2.05, 4.69) is 53.8 Å². The molecule has 0 aromatic heterocycles. The normalized spacial score (nSPS) is 25.9. The number of aliphatic imine (C=N–C) groups is 1. The number of rotatable bonds is 0.